The molecule has 0 spiro atoms. The van der Waals surface area contributed by atoms with Crippen molar-refractivity contribution in [2.45, 2.75) is 52.7 Å². The van der Waals surface area contributed by atoms with Gasteiger partial charge in [-0.1, -0.05) is 26.8 Å². The summed E-state index contributed by atoms with van der Waals surface area (Å²) in [4.78, 5) is 4.10. The minimum absolute atomic E-state index is 0.271. The molecule has 2 bridgehead atoms. The van der Waals surface area contributed by atoms with E-state index in [1.165, 1.54) is 12.8 Å². The van der Waals surface area contributed by atoms with Gasteiger partial charge < -0.3 is 4.74 Å². The largest absolute Gasteiger partial charge is 0.373 e. The van der Waals surface area contributed by atoms with E-state index in [4.69, 9.17) is 10.00 Å². The summed E-state index contributed by atoms with van der Waals surface area (Å²) in [6.07, 6.45) is 5.71. The van der Waals surface area contributed by atoms with Crippen LogP contribution in [0, 0.1) is 28.1 Å². The topological polar surface area (TPSA) is 45.9 Å². The number of aromatic nitrogens is 1. The Labute approximate surface area is 121 Å². The monoisotopic (exact) mass is 270 g/mol. The molecular formula is C17H22N2O. The van der Waals surface area contributed by atoms with E-state index in [0.29, 0.717) is 23.8 Å². The second kappa shape index (κ2) is 4.56. The predicted octanol–water partition coefficient (Wildman–Crippen LogP) is 3.68. The quantitative estimate of drug-likeness (QED) is 0.841. The van der Waals surface area contributed by atoms with Crippen LogP contribution in [-0.2, 0) is 11.3 Å². The van der Waals surface area contributed by atoms with Crippen LogP contribution in [-0.4, -0.2) is 11.1 Å². The Kier molecular flexibility index (Phi) is 3.10. The van der Waals surface area contributed by atoms with Gasteiger partial charge in [-0.15, -0.1) is 0 Å². The number of rotatable bonds is 3. The first kappa shape index (κ1) is 13.6. The van der Waals surface area contributed by atoms with Crippen molar-refractivity contribution in [2.24, 2.45) is 16.7 Å². The van der Waals surface area contributed by atoms with Crippen molar-refractivity contribution in [3.8, 4) is 6.07 Å². The number of hydrogen-bond acceptors (Lipinski definition) is 3. The highest BCUT2D eigenvalue weighted by molar-refractivity contribution is 5.29. The maximum Gasteiger partial charge on any atom is 0.145 e. The molecule has 3 nitrogen and oxygen atoms in total. The van der Waals surface area contributed by atoms with Crippen molar-refractivity contribution in [3.63, 3.8) is 0 Å². The van der Waals surface area contributed by atoms with E-state index in [1.807, 2.05) is 12.1 Å². The Hall–Kier alpha value is -1.40. The van der Waals surface area contributed by atoms with Gasteiger partial charge in [0.15, 0.2) is 0 Å². The van der Waals surface area contributed by atoms with E-state index in [9.17, 15) is 0 Å². The van der Waals surface area contributed by atoms with E-state index >= 15 is 0 Å². The molecule has 2 aliphatic carbocycles. The maximum absolute atomic E-state index is 9.08. The predicted molar refractivity (Wildman–Crippen MR) is 76.8 cm³/mol. The number of pyridine rings is 1. The van der Waals surface area contributed by atoms with Crippen molar-refractivity contribution in [1.29, 1.82) is 5.26 Å². The Morgan fingerprint density at radius 2 is 2.25 bits per heavy atom. The minimum Gasteiger partial charge on any atom is -0.373 e. The Morgan fingerprint density at radius 3 is 2.85 bits per heavy atom. The Morgan fingerprint density at radius 1 is 1.45 bits per heavy atom. The van der Waals surface area contributed by atoms with Gasteiger partial charge in [-0.2, -0.15) is 5.26 Å². The van der Waals surface area contributed by atoms with Crippen molar-refractivity contribution in [1.82, 2.24) is 4.98 Å². The molecule has 1 aromatic rings. The van der Waals surface area contributed by atoms with Crippen LogP contribution >= 0.6 is 0 Å². The maximum atomic E-state index is 9.08. The van der Waals surface area contributed by atoms with Crippen LogP contribution in [0.4, 0.5) is 0 Å². The van der Waals surface area contributed by atoms with E-state index in [0.717, 1.165) is 17.9 Å². The first-order chi connectivity index (χ1) is 9.49. The number of ether oxygens (including phenoxy) is 1. The zero-order valence-electron chi connectivity index (χ0n) is 12.5. The van der Waals surface area contributed by atoms with Crippen molar-refractivity contribution < 1.29 is 4.74 Å². The highest BCUT2D eigenvalue weighted by Crippen LogP contribution is 2.66. The second-order valence-electron chi connectivity index (χ2n) is 7.03. The zero-order chi connectivity index (χ0) is 14.4. The van der Waals surface area contributed by atoms with Crippen LogP contribution < -0.4 is 0 Å². The van der Waals surface area contributed by atoms with Gasteiger partial charge in [-0.3, -0.25) is 0 Å². The highest BCUT2D eigenvalue weighted by atomic mass is 16.5. The van der Waals surface area contributed by atoms with Crippen LogP contribution in [0.3, 0.4) is 0 Å². The lowest BCUT2D eigenvalue weighted by molar-refractivity contribution is -0.0551. The van der Waals surface area contributed by atoms with Gasteiger partial charge in [-0.05, 0) is 42.1 Å². The van der Waals surface area contributed by atoms with Crippen LogP contribution in [0.1, 0.15) is 51.3 Å². The normalized spacial score (nSPS) is 34.1. The third-order valence-corrected chi connectivity index (χ3v) is 6.15. The van der Waals surface area contributed by atoms with Gasteiger partial charge in [0.25, 0.3) is 0 Å². The van der Waals surface area contributed by atoms with Crippen LogP contribution in [0.25, 0.3) is 0 Å². The fraction of sp³-hybridized carbons (Fsp3) is 0.647. The molecule has 0 N–H and O–H groups in total. The first-order valence-corrected chi connectivity index (χ1v) is 7.44. The Balaban J connectivity index is 1.73. The first-order valence-electron chi connectivity index (χ1n) is 7.44. The zero-order valence-corrected chi connectivity index (χ0v) is 12.5. The van der Waals surface area contributed by atoms with E-state index in [-0.39, 0.29) is 5.41 Å². The molecule has 0 amide bonds. The standard InChI is InChI=1S/C17H22N2O/c1-16(2)13-6-7-17(16,3)15(9-13)20-11-12-5-4-8-19-14(12)10-18/h4-5,8,13,15H,6-7,9,11H2,1-3H3. The molecule has 3 rings (SSSR count). The van der Waals surface area contributed by atoms with Crippen molar-refractivity contribution in [3.05, 3.63) is 29.6 Å². The number of fused-ring (bicyclic) bond motifs is 2. The molecule has 0 radical (unpaired) electrons. The van der Waals surface area contributed by atoms with Crippen LogP contribution in [0.15, 0.2) is 18.3 Å². The molecule has 3 atom stereocenters. The van der Waals surface area contributed by atoms with Gasteiger partial charge in [0.1, 0.15) is 11.8 Å². The van der Waals surface area contributed by atoms with E-state index in [1.54, 1.807) is 6.20 Å². The molecule has 2 fully saturated rings. The molecule has 3 heteroatoms. The summed E-state index contributed by atoms with van der Waals surface area (Å²) in [6.45, 7) is 7.65. The lowest BCUT2D eigenvalue weighted by Gasteiger charge is -2.38. The average molecular weight is 270 g/mol. The number of nitriles is 1. The van der Waals surface area contributed by atoms with Crippen molar-refractivity contribution in [2.75, 3.05) is 0 Å². The number of nitrogens with zero attached hydrogens (tertiary/aromatic N) is 2. The van der Waals surface area contributed by atoms with Gasteiger partial charge >= 0.3 is 0 Å². The molecule has 1 aromatic heterocycles. The van der Waals surface area contributed by atoms with Gasteiger partial charge in [-0.25, -0.2) is 4.98 Å². The molecule has 20 heavy (non-hydrogen) atoms. The summed E-state index contributed by atoms with van der Waals surface area (Å²) < 4.78 is 6.21. The summed E-state index contributed by atoms with van der Waals surface area (Å²) in [5.74, 6) is 0.779. The average Bonchev–Trinajstić information content (AvgIpc) is 2.78. The molecule has 2 aliphatic rings. The van der Waals surface area contributed by atoms with E-state index < -0.39 is 0 Å². The van der Waals surface area contributed by atoms with Crippen molar-refractivity contribution >= 4 is 0 Å². The van der Waals surface area contributed by atoms with Gasteiger partial charge in [0.2, 0.25) is 0 Å². The smallest absolute Gasteiger partial charge is 0.145 e. The molecule has 0 aliphatic heterocycles. The summed E-state index contributed by atoms with van der Waals surface area (Å²) in [5.41, 5.74) is 2.02. The Bertz CT molecular complexity index is 560. The summed E-state index contributed by atoms with van der Waals surface area (Å²) in [5, 5.41) is 9.08. The second-order valence-corrected chi connectivity index (χ2v) is 7.03. The summed E-state index contributed by atoms with van der Waals surface area (Å²) in [7, 11) is 0. The molecule has 3 unspecified atom stereocenters. The molecular weight excluding hydrogens is 248 g/mol. The van der Waals surface area contributed by atoms with Gasteiger partial charge in [0.05, 0.1) is 12.7 Å². The molecule has 106 valence electrons. The fourth-order valence-corrected chi connectivity index (χ4v) is 4.23. The highest BCUT2D eigenvalue weighted by Gasteiger charge is 2.61. The van der Waals surface area contributed by atoms with E-state index in [2.05, 4.69) is 31.8 Å². The molecule has 0 saturated heterocycles. The van der Waals surface area contributed by atoms with Gasteiger partial charge in [0, 0.05) is 11.8 Å². The summed E-state index contributed by atoms with van der Waals surface area (Å²) in [6, 6.07) is 5.94. The third-order valence-electron chi connectivity index (χ3n) is 6.15. The lowest BCUT2D eigenvalue weighted by Crippen LogP contribution is -2.37. The van der Waals surface area contributed by atoms with Crippen LogP contribution in [0.5, 0.6) is 0 Å². The minimum atomic E-state index is 0.271. The molecule has 2 saturated carbocycles. The van der Waals surface area contributed by atoms with Crippen LogP contribution in [0.2, 0.25) is 0 Å². The lowest BCUT2D eigenvalue weighted by atomic mass is 9.70. The number of hydrogen-bond donors (Lipinski definition) is 0. The molecule has 0 aromatic carbocycles. The SMILES string of the molecule is CC1(C)C2CCC1(C)C(OCc1cccnc1C#N)C2. The molecule has 1 heterocycles. The fourth-order valence-electron chi connectivity index (χ4n) is 4.23. The summed E-state index contributed by atoms with van der Waals surface area (Å²) >= 11 is 0. The third kappa shape index (κ3) is 1.78.